The Balaban J connectivity index is 1.76. The van der Waals surface area contributed by atoms with Gasteiger partial charge in [0, 0.05) is 37.0 Å². The van der Waals surface area contributed by atoms with Gasteiger partial charge < -0.3 is 25.4 Å². The van der Waals surface area contributed by atoms with Crippen LogP contribution < -0.4 is 25.4 Å². The Morgan fingerprint density at radius 1 is 1.25 bits per heavy atom. The van der Waals surface area contributed by atoms with E-state index in [-0.39, 0.29) is 11.8 Å². The molecule has 28 heavy (non-hydrogen) atoms. The smallest absolute Gasteiger partial charge is 0.227 e. The molecule has 0 atom stereocenters. The van der Waals surface area contributed by atoms with Crippen molar-refractivity contribution in [1.29, 1.82) is 0 Å². The highest BCUT2D eigenvalue weighted by Gasteiger charge is 2.26. The SMILES string of the molecule is C=C(C)CNC(=O)C1CCN(c2nc(N)c3cc(OC)c(OC)cc3n2)CC1. The first-order chi connectivity index (χ1) is 13.4. The topological polar surface area (TPSA) is 103 Å². The summed E-state index contributed by atoms with van der Waals surface area (Å²) < 4.78 is 10.7. The molecule has 3 rings (SSSR count). The number of amides is 1. The van der Waals surface area contributed by atoms with Gasteiger partial charge in [0.05, 0.1) is 19.7 Å². The first-order valence-corrected chi connectivity index (χ1v) is 9.29. The molecule has 1 saturated heterocycles. The van der Waals surface area contributed by atoms with Crippen molar-refractivity contribution in [3.05, 3.63) is 24.3 Å². The summed E-state index contributed by atoms with van der Waals surface area (Å²) in [7, 11) is 3.16. The van der Waals surface area contributed by atoms with Gasteiger partial charge in [-0.1, -0.05) is 12.2 Å². The van der Waals surface area contributed by atoms with E-state index in [1.54, 1.807) is 26.4 Å². The van der Waals surface area contributed by atoms with Crippen molar-refractivity contribution in [3.8, 4) is 11.5 Å². The third-order valence-electron chi connectivity index (χ3n) is 4.93. The van der Waals surface area contributed by atoms with Gasteiger partial charge in [-0.3, -0.25) is 4.79 Å². The Bertz CT molecular complexity index is 891. The Hall–Kier alpha value is -3.03. The molecule has 8 heteroatoms. The number of carbonyl (C=O) groups is 1. The number of nitrogens with one attached hydrogen (secondary N) is 1. The van der Waals surface area contributed by atoms with Crippen LogP contribution >= 0.6 is 0 Å². The minimum Gasteiger partial charge on any atom is -0.493 e. The number of carbonyl (C=O) groups excluding carboxylic acids is 1. The number of benzene rings is 1. The lowest BCUT2D eigenvalue weighted by Gasteiger charge is -2.31. The van der Waals surface area contributed by atoms with E-state index >= 15 is 0 Å². The number of ether oxygens (including phenoxy) is 2. The number of rotatable bonds is 6. The molecule has 0 radical (unpaired) electrons. The van der Waals surface area contributed by atoms with Crippen LogP contribution in [0.3, 0.4) is 0 Å². The van der Waals surface area contributed by atoms with Crippen LogP contribution in [0.1, 0.15) is 19.8 Å². The van der Waals surface area contributed by atoms with E-state index in [4.69, 9.17) is 15.2 Å². The molecule has 0 saturated carbocycles. The zero-order chi connectivity index (χ0) is 20.3. The second-order valence-electron chi connectivity index (χ2n) is 7.07. The molecule has 0 unspecified atom stereocenters. The van der Waals surface area contributed by atoms with Crippen molar-refractivity contribution in [2.45, 2.75) is 19.8 Å². The van der Waals surface area contributed by atoms with Crippen LogP contribution in [0.25, 0.3) is 10.9 Å². The van der Waals surface area contributed by atoms with Gasteiger partial charge in [0.2, 0.25) is 11.9 Å². The van der Waals surface area contributed by atoms with E-state index in [0.29, 0.717) is 48.4 Å². The second kappa shape index (κ2) is 8.33. The summed E-state index contributed by atoms with van der Waals surface area (Å²) in [6.45, 7) is 7.63. The predicted molar refractivity (Wildman–Crippen MR) is 110 cm³/mol. The number of anilines is 2. The molecule has 1 aliphatic heterocycles. The lowest BCUT2D eigenvalue weighted by Crippen LogP contribution is -2.41. The van der Waals surface area contributed by atoms with Crippen LogP contribution in [0.5, 0.6) is 11.5 Å². The fraction of sp³-hybridized carbons (Fsp3) is 0.450. The Morgan fingerprint density at radius 2 is 1.89 bits per heavy atom. The van der Waals surface area contributed by atoms with Crippen LogP contribution in [-0.4, -0.2) is 49.7 Å². The first kappa shape index (κ1) is 19.7. The van der Waals surface area contributed by atoms with Crippen LogP contribution in [0.4, 0.5) is 11.8 Å². The average molecular weight is 385 g/mol. The fourth-order valence-electron chi connectivity index (χ4n) is 3.33. The minimum atomic E-state index is -0.00208. The summed E-state index contributed by atoms with van der Waals surface area (Å²) in [6.07, 6.45) is 1.49. The van der Waals surface area contributed by atoms with Gasteiger partial charge in [0.15, 0.2) is 11.5 Å². The quantitative estimate of drug-likeness (QED) is 0.734. The van der Waals surface area contributed by atoms with Crippen molar-refractivity contribution in [2.75, 3.05) is 44.5 Å². The Labute approximate surface area is 164 Å². The van der Waals surface area contributed by atoms with Gasteiger partial charge in [0.25, 0.3) is 0 Å². The normalized spacial score (nSPS) is 14.8. The van der Waals surface area contributed by atoms with Crippen LogP contribution in [0, 0.1) is 5.92 Å². The molecule has 2 aromatic rings. The molecule has 1 aliphatic rings. The standard InChI is InChI=1S/C20H27N5O3/c1-12(2)11-22-19(26)13-5-7-25(8-6-13)20-23-15-10-17(28-4)16(27-3)9-14(15)18(21)24-20/h9-10,13H,1,5-8,11H2,2-4H3,(H,22,26)(H2,21,23,24). The molecule has 0 spiro atoms. The summed E-state index contributed by atoms with van der Waals surface area (Å²) in [4.78, 5) is 23.5. The number of hydrogen-bond donors (Lipinski definition) is 2. The van der Waals surface area contributed by atoms with E-state index < -0.39 is 0 Å². The molecular weight excluding hydrogens is 358 g/mol. The van der Waals surface area contributed by atoms with E-state index in [1.165, 1.54) is 0 Å². The van der Waals surface area contributed by atoms with Crippen molar-refractivity contribution in [1.82, 2.24) is 15.3 Å². The lowest BCUT2D eigenvalue weighted by atomic mass is 9.96. The van der Waals surface area contributed by atoms with Gasteiger partial charge in [0.1, 0.15) is 5.82 Å². The van der Waals surface area contributed by atoms with Gasteiger partial charge >= 0.3 is 0 Å². The van der Waals surface area contributed by atoms with Gasteiger partial charge in [-0.25, -0.2) is 4.98 Å². The van der Waals surface area contributed by atoms with Gasteiger partial charge in [-0.05, 0) is 25.8 Å². The lowest BCUT2D eigenvalue weighted by molar-refractivity contribution is -0.125. The van der Waals surface area contributed by atoms with Crippen molar-refractivity contribution < 1.29 is 14.3 Å². The molecule has 1 aromatic carbocycles. The van der Waals surface area contributed by atoms with E-state index in [2.05, 4.69) is 26.8 Å². The van der Waals surface area contributed by atoms with Crippen molar-refractivity contribution >= 4 is 28.6 Å². The molecule has 1 amide bonds. The highest BCUT2D eigenvalue weighted by molar-refractivity contribution is 5.91. The van der Waals surface area contributed by atoms with E-state index in [9.17, 15) is 4.79 Å². The molecule has 2 heterocycles. The summed E-state index contributed by atoms with van der Waals surface area (Å²) in [6, 6.07) is 3.58. The number of methoxy groups -OCH3 is 2. The van der Waals surface area contributed by atoms with E-state index in [0.717, 1.165) is 23.8 Å². The number of aromatic nitrogens is 2. The fourth-order valence-corrected chi connectivity index (χ4v) is 3.33. The highest BCUT2D eigenvalue weighted by Crippen LogP contribution is 2.34. The number of nitrogen functional groups attached to an aromatic ring is 1. The molecule has 1 aromatic heterocycles. The number of hydrogen-bond acceptors (Lipinski definition) is 7. The Morgan fingerprint density at radius 3 is 2.50 bits per heavy atom. The maximum Gasteiger partial charge on any atom is 0.227 e. The van der Waals surface area contributed by atoms with Crippen LogP contribution in [0.2, 0.25) is 0 Å². The van der Waals surface area contributed by atoms with Crippen molar-refractivity contribution in [2.24, 2.45) is 5.92 Å². The van der Waals surface area contributed by atoms with Crippen molar-refractivity contribution in [3.63, 3.8) is 0 Å². The third-order valence-corrected chi connectivity index (χ3v) is 4.93. The van der Waals surface area contributed by atoms with Gasteiger partial charge in [-0.15, -0.1) is 0 Å². The molecule has 8 nitrogen and oxygen atoms in total. The Kier molecular flexibility index (Phi) is 5.87. The number of piperidine rings is 1. The summed E-state index contributed by atoms with van der Waals surface area (Å²) in [5.74, 6) is 2.21. The second-order valence-corrected chi connectivity index (χ2v) is 7.07. The molecule has 0 bridgehead atoms. The molecule has 3 N–H and O–H groups in total. The molecule has 150 valence electrons. The summed E-state index contributed by atoms with van der Waals surface area (Å²) >= 11 is 0. The maximum atomic E-state index is 12.3. The zero-order valence-corrected chi connectivity index (χ0v) is 16.6. The zero-order valence-electron chi connectivity index (χ0n) is 16.6. The number of fused-ring (bicyclic) bond motifs is 1. The summed E-state index contributed by atoms with van der Waals surface area (Å²) in [5, 5.41) is 3.65. The first-order valence-electron chi connectivity index (χ1n) is 9.29. The molecule has 1 fully saturated rings. The molecular formula is C20H27N5O3. The predicted octanol–water partition coefficient (Wildman–Crippen LogP) is 2.14. The van der Waals surface area contributed by atoms with E-state index in [1.807, 2.05) is 6.92 Å². The third kappa shape index (κ3) is 4.11. The largest absolute Gasteiger partial charge is 0.493 e. The van der Waals surface area contributed by atoms with Crippen LogP contribution in [0.15, 0.2) is 24.3 Å². The maximum absolute atomic E-state index is 12.3. The summed E-state index contributed by atoms with van der Waals surface area (Å²) in [5.41, 5.74) is 7.81. The van der Waals surface area contributed by atoms with Crippen LogP contribution in [-0.2, 0) is 4.79 Å². The number of nitrogens with zero attached hydrogens (tertiary/aromatic N) is 3. The number of nitrogens with two attached hydrogens (primary N) is 1. The highest BCUT2D eigenvalue weighted by atomic mass is 16.5. The van der Waals surface area contributed by atoms with Gasteiger partial charge in [-0.2, -0.15) is 4.98 Å². The minimum absolute atomic E-state index is 0.00208. The monoisotopic (exact) mass is 385 g/mol. The molecule has 0 aliphatic carbocycles. The average Bonchev–Trinajstić information content (AvgIpc) is 2.71.